The predicted molar refractivity (Wildman–Crippen MR) is 105 cm³/mol. The highest BCUT2D eigenvalue weighted by Crippen LogP contribution is 2.31. The molecule has 9 heteroatoms. The molecular formula is C20H19N3O6. The zero-order chi connectivity index (χ0) is 21.1. The van der Waals surface area contributed by atoms with Crippen LogP contribution < -0.4 is 10.2 Å². The van der Waals surface area contributed by atoms with E-state index in [1.165, 1.54) is 30.0 Å². The molecule has 0 saturated heterocycles. The number of carbonyl (C=O) groups excluding carboxylic acids is 3. The van der Waals surface area contributed by atoms with Crippen LogP contribution in [-0.4, -0.2) is 35.4 Å². The highest BCUT2D eigenvalue weighted by molar-refractivity contribution is 6.05. The van der Waals surface area contributed by atoms with Gasteiger partial charge < -0.3 is 15.0 Å². The Balaban J connectivity index is 1.79. The molecule has 1 aliphatic heterocycles. The SMILES string of the molecule is Cc1c(C(=O)OCC(=O)N2c3ccccc3NC(=O)C[C@H]2C)cccc1[N+](=O)[O-]. The number of esters is 1. The first kappa shape index (κ1) is 20.0. The van der Waals surface area contributed by atoms with Crippen LogP contribution in [0.5, 0.6) is 0 Å². The third kappa shape index (κ3) is 4.08. The van der Waals surface area contributed by atoms with Gasteiger partial charge in [0.15, 0.2) is 6.61 Å². The number of benzene rings is 2. The van der Waals surface area contributed by atoms with Crippen molar-refractivity contribution in [2.24, 2.45) is 0 Å². The highest BCUT2D eigenvalue weighted by Gasteiger charge is 2.30. The Labute approximate surface area is 166 Å². The third-order valence-electron chi connectivity index (χ3n) is 4.68. The van der Waals surface area contributed by atoms with Gasteiger partial charge in [0, 0.05) is 24.1 Å². The number of carbonyl (C=O) groups is 3. The Bertz CT molecular complexity index is 1000. The number of anilines is 2. The van der Waals surface area contributed by atoms with Gasteiger partial charge in [0.1, 0.15) is 0 Å². The van der Waals surface area contributed by atoms with Crippen molar-refractivity contribution in [1.29, 1.82) is 0 Å². The summed E-state index contributed by atoms with van der Waals surface area (Å²) in [4.78, 5) is 49.1. The Hall–Kier alpha value is -3.75. The van der Waals surface area contributed by atoms with Crippen LogP contribution in [0, 0.1) is 17.0 Å². The van der Waals surface area contributed by atoms with Gasteiger partial charge >= 0.3 is 5.97 Å². The minimum absolute atomic E-state index is 0.0214. The van der Waals surface area contributed by atoms with Gasteiger partial charge in [-0.15, -0.1) is 0 Å². The molecule has 0 aliphatic carbocycles. The molecule has 0 fully saturated rings. The summed E-state index contributed by atoms with van der Waals surface area (Å²) in [6.07, 6.45) is 0.0956. The molecule has 2 aromatic rings. The number of nitrogens with one attached hydrogen (secondary N) is 1. The molecular weight excluding hydrogens is 378 g/mol. The number of amides is 2. The monoisotopic (exact) mass is 397 g/mol. The van der Waals surface area contributed by atoms with Gasteiger partial charge in [0.25, 0.3) is 11.6 Å². The van der Waals surface area contributed by atoms with Crippen LogP contribution in [0.3, 0.4) is 0 Å². The summed E-state index contributed by atoms with van der Waals surface area (Å²) in [6, 6.07) is 10.5. The molecule has 0 spiro atoms. The molecule has 1 aliphatic rings. The average Bonchev–Trinajstić information content (AvgIpc) is 2.80. The fraction of sp³-hybridized carbons (Fsp3) is 0.250. The van der Waals surface area contributed by atoms with Gasteiger partial charge in [-0.05, 0) is 32.0 Å². The maximum absolute atomic E-state index is 12.8. The topological polar surface area (TPSA) is 119 Å². The molecule has 150 valence electrons. The van der Waals surface area contributed by atoms with E-state index in [2.05, 4.69) is 5.32 Å². The molecule has 9 nitrogen and oxygen atoms in total. The molecule has 0 aromatic heterocycles. The fourth-order valence-corrected chi connectivity index (χ4v) is 3.28. The lowest BCUT2D eigenvalue weighted by atomic mass is 10.1. The Kier molecular flexibility index (Phi) is 5.58. The largest absolute Gasteiger partial charge is 0.452 e. The lowest BCUT2D eigenvalue weighted by Gasteiger charge is -2.27. The van der Waals surface area contributed by atoms with Gasteiger partial charge in [0.05, 0.1) is 21.9 Å². The molecule has 0 saturated carbocycles. The Morgan fingerprint density at radius 1 is 1.24 bits per heavy atom. The van der Waals surface area contributed by atoms with Crippen molar-refractivity contribution >= 4 is 34.8 Å². The summed E-state index contributed by atoms with van der Waals surface area (Å²) in [5.41, 5.74) is 0.992. The quantitative estimate of drug-likeness (QED) is 0.481. The van der Waals surface area contributed by atoms with E-state index in [9.17, 15) is 24.5 Å². The van der Waals surface area contributed by atoms with E-state index in [0.717, 1.165) is 0 Å². The van der Waals surface area contributed by atoms with E-state index in [1.54, 1.807) is 31.2 Å². The zero-order valence-electron chi connectivity index (χ0n) is 15.9. The molecule has 1 atom stereocenters. The second-order valence-electron chi connectivity index (χ2n) is 6.67. The van der Waals surface area contributed by atoms with E-state index in [1.807, 2.05) is 0 Å². The van der Waals surface area contributed by atoms with Crippen LogP contribution in [0.15, 0.2) is 42.5 Å². The summed E-state index contributed by atoms with van der Waals surface area (Å²) in [5, 5.41) is 13.8. The van der Waals surface area contributed by atoms with Gasteiger partial charge in [-0.3, -0.25) is 19.7 Å². The second kappa shape index (κ2) is 8.09. The molecule has 0 bridgehead atoms. The highest BCUT2D eigenvalue weighted by atomic mass is 16.6. The van der Waals surface area contributed by atoms with E-state index >= 15 is 0 Å². The molecule has 2 aromatic carbocycles. The van der Waals surface area contributed by atoms with Crippen LogP contribution in [0.4, 0.5) is 17.1 Å². The number of para-hydroxylation sites is 2. The average molecular weight is 397 g/mol. The molecule has 29 heavy (non-hydrogen) atoms. The number of nitro benzene ring substituents is 1. The van der Waals surface area contributed by atoms with Crippen LogP contribution in [0.2, 0.25) is 0 Å². The number of nitro groups is 1. The first-order valence-electron chi connectivity index (χ1n) is 8.91. The van der Waals surface area contributed by atoms with Gasteiger partial charge in [-0.1, -0.05) is 18.2 Å². The Morgan fingerprint density at radius 2 is 1.97 bits per heavy atom. The zero-order valence-corrected chi connectivity index (χ0v) is 15.9. The molecule has 1 heterocycles. The van der Waals surface area contributed by atoms with Crippen LogP contribution in [0.1, 0.15) is 29.3 Å². The van der Waals surface area contributed by atoms with E-state index in [0.29, 0.717) is 11.4 Å². The minimum Gasteiger partial charge on any atom is -0.452 e. The first-order chi connectivity index (χ1) is 13.8. The van der Waals surface area contributed by atoms with Gasteiger partial charge in [0.2, 0.25) is 5.91 Å². The lowest BCUT2D eigenvalue weighted by molar-refractivity contribution is -0.385. The van der Waals surface area contributed by atoms with Crippen LogP contribution in [0.25, 0.3) is 0 Å². The molecule has 2 amide bonds. The summed E-state index contributed by atoms with van der Waals surface area (Å²) < 4.78 is 5.13. The fourth-order valence-electron chi connectivity index (χ4n) is 3.28. The van der Waals surface area contributed by atoms with Crippen molar-refractivity contribution in [3.05, 3.63) is 63.7 Å². The molecule has 0 unspecified atom stereocenters. The van der Waals surface area contributed by atoms with Crippen molar-refractivity contribution in [1.82, 2.24) is 0 Å². The van der Waals surface area contributed by atoms with E-state index in [-0.39, 0.29) is 29.1 Å². The first-order valence-corrected chi connectivity index (χ1v) is 8.91. The molecule has 3 rings (SSSR count). The maximum Gasteiger partial charge on any atom is 0.339 e. The van der Waals surface area contributed by atoms with Gasteiger partial charge in [-0.2, -0.15) is 0 Å². The molecule has 0 radical (unpaired) electrons. The summed E-state index contributed by atoms with van der Waals surface area (Å²) >= 11 is 0. The standard InChI is InChI=1S/C20H19N3O6/c1-12-10-18(24)21-15-7-3-4-8-17(15)22(12)19(25)11-29-20(26)14-6-5-9-16(13(14)2)23(27)28/h3-9,12H,10-11H2,1-2H3,(H,21,24)/t12-/m1/s1. The lowest BCUT2D eigenvalue weighted by Crippen LogP contribution is -2.41. The van der Waals surface area contributed by atoms with Crippen molar-refractivity contribution in [3.8, 4) is 0 Å². The van der Waals surface area contributed by atoms with Crippen molar-refractivity contribution in [3.63, 3.8) is 0 Å². The number of hydrogen-bond donors (Lipinski definition) is 1. The number of nitrogens with zero attached hydrogens (tertiary/aromatic N) is 2. The number of ether oxygens (including phenoxy) is 1. The van der Waals surface area contributed by atoms with Crippen molar-refractivity contribution in [2.45, 2.75) is 26.3 Å². The van der Waals surface area contributed by atoms with Gasteiger partial charge in [-0.25, -0.2) is 4.79 Å². The van der Waals surface area contributed by atoms with Crippen LogP contribution >= 0.6 is 0 Å². The summed E-state index contributed by atoms with van der Waals surface area (Å²) in [5.74, 6) is -1.55. The predicted octanol–water partition coefficient (Wildman–Crippen LogP) is 2.82. The van der Waals surface area contributed by atoms with Crippen molar-refractivity contribution in [2.75, 3.05) is 16.8 Å². The number of fused-ring (bicyclic) bond motifs is 1. The minimum atomic E-state index is -0.829. The van der Waals surface area contributed by atoms with Crippen molar-refractivity contribution < 1.29 is 24.0 Å². The summed E-state index contributed by atoms with van der Waals surface area (Å²) in [6.45, 7) is 2.61. The Morgan fingerprint density at radius 3 is 2.69 bits per heavy atom. The summed E-state index contributed by atoms with van der Waals surface area (Å²) in [7, 11) is 0. The van der Waals surface area contributed by atoms with E-state index in [4.69, 9.17) is 4.74 Å². The maximum atomic E-state index is 12.8. The number of hydrogen-bond acceptors (Lipinski definition) is 6. The van der Waals surface area contributed by atoms with Crippen LogP contribution in [-0.2, 0) is 14.3 Å². The smallest absolute Gasteiger partial charge is 0.339 e. The molecule has 1 N–H and O–H groups in total. The van der Waals surface area contributed by atoms with E-state index < -0.39 is 29.4 Å². The normalized spacial score (nSPS) is 15.7. The third-order valence-corrected chi connectivity index (χ3v) is 4.68. The second-order valence-corrected chi connectivity index (χ2v) is 6.67. The number of rotatable bonds is 4.